The minimum atomic E-state index is -0.194. The summed E-state index contributed by atoms with van der Waals surface area (Å²) in [5.74, 6) is 0.441. The van der Waals surface area contributed by atoms with Crippen molar-refractivity contribution in [1.82, 2.24) is 14.9 Å². The van der Waals surface area contributed by atoms with Crippen LogP contribution >= 0.6 is 11.6 Å². The van der Waals surface area contributed by atoms with Crippen LogP contribution in [0.2, 0.25) is 5.28 Å². The Morgan fingerprint density at radius 2 is 1.70 bits per heavy atom. The van der Waals surface area contributed by atoms with Crippen molar-refractivity contribution in [2.75, 3.05) is 5.32 Å². The maximum Gasteiger partial charge on any atom is 0.273 e. The molecular formula is C21H27ClN4O. The number of carbonyl (C=O) groups excluding carboxylic acids is 1. The molecule has 0 radical (unpaired) electrons. The van der Waals surface area contributed by atoms with E-state index in [1.54, 1.807) is 11.0 Å². The van der Waals surface area contributed by atoms with Gasteiger partial charge in [-0.3, -0.25) is 4.79 Å². The van der Waals surface area contributed by atoms with E-state index < -0.39 is 0 Å². The highest BCUT2D eigenvalue weighted by Gasteiger charge is 2.28. The highest BCUT2D eigenvalue weighted by atomic mass is 35.5. The Morgan fingerprint density at radius 1 is 1.11 bits per heavy atom. The van der Waals surface area contributed by atoms with Crippen LogP contribution in [0.15, 0.2) is 30.3 Å². The molecule has 0 aliphatic carbocycles. The number of nitrogens with zero attached hydrogens (tertiary/aromatic N) is 3. The normalized spacial score (nSPS) is 14.2. The molecule has 6 heteroatoms. The number of anilines is 1. The first-order valence-electron chi connectivity index (χ1n) is 9.21. The van der Waals surface area contributed by atoms with Gasteiger partial charge in [-0.1, -0.05) is 45.0 Å². The lowest BCUT2D eigenvalue weighted by molar-refractivity contribution is 0.0745. The van der Waals surface area contributed by atoms with Gasteiger partial charge in [0.25, 0.3) is 5.91 Å². The third-order valence-corrected chi connectivity index (χ3v) is 4.65. The topological polar surface area (TPSA) is 58.1 Å². The summed E-state index contributed by atoms with van der Waals surface area (Å²) in [5.41, 5.74) is 2.64. The molecular weight excluding hydrogens is 360 g/mol. The molecule has 1 aromatic heterocycles. The Labute approximate surface area is 166 Å². The number of hydrogen-bond donors (Lipinski definition) is 1. The molecule has 0 unspecified atom stereocenters. The largest absolute Gasteiger partial charge is 0.365 e. The predicted octanol–water partition coefficient (Wildman–Crippen LogP) is 4.91. The quantitative estimate of drug-likeness (QED) is 0.758. The van der Waals surface area contributed by atoms with Crippen LogP contribution in [0.5, 0.6) is 0 Å². The van der Waals surface area contributed by atoms with E-state index in [1.165, 1.54) is 11.1 Å². The van der Waals surface area contributed by atoms with Crippen molar-refractivity contribution >= 4 is 23.3 Å². The number of fused-ring (bicyclic) bond motifs is 1. The smallest absolute Gasteiger partial charge is 0.273 e. The summed E-state index contributed by atoms with van der Waals surface area (Å²) in [7, 11) is 0. The lowest BCUT2D eigenvalue weighted by Crippen LogP contribution is -2.36. The van der Waals surface area contributed by atoms with E-state index in [1.807, 2.05) is 12.1 Å². The number of aromatic nitrogens is 2. The molecule has 1 aliphatic heterocycles. The van der Waals surface area contributed by atoms with Crippen molar-refractivity contribution < 1.29 is 4.79 Å². The molecule has 1 aliphatic rings. The molecule has 1 aromatic carbocycles. The maximum atomic E-state index is 13.0. The number of carbonyl (C=O) groups is 1. The van der Waals surface area contributed by atoms with Gasteiger partial charge in [-0.25, -0.2) is 9.97 Å². The van der Waals surface area contributed by atoms with Gasteiger partial charge in [0.15, 0.2) is 0 Å². The molecule has 0 spiro atoms. The van der Waals surface area contributed by atoms with Crippen LogP contribution in [0.3, 0.4) is 0 Å². The van der Waals surface area contributed by atoms with E-state index in [2.05, 4.69) is 62.0 Å². The molecule has 5 nitrogen and oxygen atoms in total. The molecule has 3 rings (SSSR count). The number of hydrogen-bond acceptors (Lipinski definition) is 4. The van der Waals surface area contributed by atoms with Gasteiger partial charge in [0.1, 0.15) is 11.5 Å². The minimum Gasteiger partial charge on any atom is -0.365 e. The van der Waals surface area contributed by atoms with Crippen molar-refractivity contribution in [3.63, 3.8) is 0 Å². The highest BCUT2D eigenvalue weighted by molar-refractivity contribution is 6.28. The summed E-state index contributed by atoms with van der Waals surface area (Å²) in [6.07, 6.45) is 0.937. The Balaban J connectivity index is 1.79. The first-order valence-corrected chi connectivity index (χ1v) is 9.59. The lowest BCUT2D eigenvalue weighted by atomic mass is 9.82. The molecule has 2 heterocycles. The zero-order valence-electron chi connectivity index (χ0n) is 16.6. The van der Waals surface area contributed by atoms with Crippen LogP contribution in [-0.4, -0.2) is 26.3 Å². The SMILES string of the molecule is CC(C)(C)CC(C)(C)Nc1cc(C(=O)N2Cc3ccccc3C2)nc(Cl)n1. The molecule has 0 bridgehead atoms. The molecule has 0 atom stereocenters. The summed E-state index contributed by atoms with van der Waals surface area (Å²) >= 11 is 6.12. The Bertz CT molecular complexity index is 833. The van der Waals surface area contributed by atoms with Gasteiger partial charge in [0, 0.05) is 24.7 Å². The van der Waals surface area contributed by atoms with Crippen LogP contribution in [-0.2, 0) is 13.1 Å². The summed E-state index contributed by atoms with van der Waals surface area (Å²) in [6, 6.07) is 9.79. The highest BCUT2D eigenvalue weighted by Crippen LogP contribution is 2.30. The van der Waals surface area contributed by atoms with Crippen molar-refractivity contribution in [3.05, 3.63) is 52.4 Å². The fraction of sp³-hybridized carbons (Fsp3) is 0.476. The molecule has 2 aromatic rings. The zero-order valence-corrected chi connectivity index (χ0v) is 17.4. The molecule has 27 heavy (non-hydrogen) atoms. The molecule has 0 saturated heterocycles. The first-order chi connectivity index (χ1) is 12.5. The number of rotatable bonds is 4. The van der Waals surface area contributed by atoms with Crippen molar-refractivity contribution in [2.24, 2.45) is 5.41 Å². The van der Waals surface area contributed by atoms with E-state index >= 15 is 0 Å². The average Bonchev–Trinajstić information content (AvgIpc) is 2.94. The molecule has 1 amide bonds. The van der Waals surface area contributed by atoms with E-state index in [9.17, 15) is 4.79 Å². The number of amides is 1. The van der Waals surface area contributed by atoms with Gasteiger partial charge in [0.2, 0.25) is 5.28 Å². The van der Waals surface area contributed by atoms with Gasteiger partial charge >= 0.3 is 0 Å². The predicted molar refractivity (Wildman–Crippen MR) is 109 cm³/mol. The van der Waals surface area contributed by atoms with E-state index in [4.69, 9.17) is 11.6 Å². The summed E-state index contributed by atoms with van der Waals surface area (Å²) in [6.45, 7) is 12.0. The minimum absolute atomic E-state index is 0.0756. The second-order valence-electron chi connectivity index (χ2n) is 9.08. The third-order valence-electron chi connectivity index (χ3n) is 4.48. The molecule has 1 N–H and O–H groups in total. The zero-order chi connectivity index (χ0) is 19.8. The molecule has 144 valence electrons. The fourth-order valence-corrected chi connectivity index (χ4v) is 4.13. The van der Waals surface area contributed by atoms with Gasteiger partial charge in [0.05, 0.1) is 0 Å². The summed E-state index contributed by atoms with van der Waals surface area (Å²) in [4.78, 5) is 23.2. The number of nitrogens with one attached hydrogen (secondary N) is 1. The van der Waals surface area contributed by atoms with E-state index in [0.717, 1.165) is 6.42 Å². The second kappa shape index (κ2) is 7.12. The summed E-state index contributed by atoms with van der Waals surface area (Å²) < 4.78 is 0. The van der Waals surface area contributed by atoms with Crippen LogP contribution in [0.4, 0.5) is 5.82 Å². The van der Waals surface area contributed by atoms with Crippen LogP contribution in [0.25, 0.3) is 0 Å². The van der Waals surface area contributed by atoms with Gasteiger partial charge in [-0.2, -0.15) is 0 Å². The van der Waals surface area contributed by atoms with E-state index in [0.29, 0.717) is 24.6 Å². The van der Waals surface area contributed by atoms with Crippen molar-refractivity contribution in [1.29, 1.82) is 0 Å². The standard InChI is InChI=1S/C21H27ClN4O/c1-20(2,3)13-21(4,5)25-17-10-16(23-19(22)24-17)18(27)26-11-14-8-6-7-9-15(14)12-26/h6-10H,11-13H2,1-5H3,(H,23,24,25). The van der Waals surface area contributed by atoms with Gasteiger partial charge in [-0.05, 0) is 48.4 Å². The lowest BCUT2D eigenvalue weighted by Gasteiger charge is -2.33. The summed E-state index contributed by atoms with van der Waals surface area (Å²) in [5, 5.41) is 3.49. The van der Waals surface area contributed by atoms with Crippen LogP contribution in [0.1, 0.15) is 62.7 Å². The van der Waals surface area contributed by atoms with Gasteiger partial charge < -0.3 is 10.2 Å². The Hall–Kier alpha value is -2.14. The van der Waals surface area contributed by atoms with Crippen molar-refractivity contribution in [3.8, 4) is 0 Å². The number of benzene rings is 1. The Morgan fingerprint density at radius 3 is 2.26 bits per heavy atom. The fourth-order valence-electron chi connectivity index (χ4n) is 3.95. The van der Waals surface area contributed by atoms with Crippen LogP contribution < -0.4 is 5.32 Å². The maximum absolute atomic E-state index is 13.0. The Kier molecular flexibility index (Phi) is 5.17. The van der Waals surface area contributed by atoms with Gasteiger partial charge in [-0.15, -0.1) is 0 Å². The first kappa shape index (κ1) is 19.6. The molecule has 0 fully saturated rings. The van der Waals surface area contributed by atoms with Crippen molar-refractivity contribution in [2.45, 2.75) is 59.7 Å². The van der Waals surface area contributed by atoms with Crippen LogP contribution in [0, 0.1) is 5.41 Å². The number of halogens is 1. The second-order valence-corrected chi connectivity index (χ2v) is 9.42. The van der Waals surface area contributed by atoms with E-state index in [-0.39, 0.29) is 22.1 Å². The third kappa shape index (κ3) is 4.98. The molecule has 0 saturated carbocycles. The monoisotopic (exact) mass is 386 g/mol. The average molecular weight is 387 g/mol.